The summed E-state index contributed by atoms with van der Waals surface area (Å²) in [4.78, 5) is 37.9. The van der Waals surface area contributed by atoms with Crippen LogP contribution >= 0.6 is 0 Å². The molecule has 0 aliphatic heterocycles. The van der Waals surface area contributed by atoms with E-state index in [1.54, 1.807) is 0 Å². The lowest BCUT2D eigenvalue weighted by Gasteiger charge is -2.18. The van der Waals surface area contributed by atoms with Crippen LogP contribution in [0.3, 0.4) is 0 Å². The molecule has 0 aromatic carbocycles. The minimum atomic E-state index is -0.784. The van der Waals surface area contributed by atoms with Gasteiger partial charge < -0.3 is 14.2 Å². The van der Waals surface area contributed by atoms with E-state index in [4.69, 9.17) is 14.2 Å². The first-order chi connectivity index (χ1) is 30.0. The molecule has 1 atom stereocenters. The van der Waals surface area contributed by atoms with Crippen LogP contribution in [0.25, 0.3) is 0 Å². The predicted octanol–water partition coefficient (Wildman–Crippen LogP) is 17.1. The summed E-state index contributed by atoms with van der Waals surface area (Å²) < 4.78 is 16.8. The van der Waals surface area contributed by atoms with Gasteiger partial charge in [0.1, 0.15) is 13.2 Å². The fourth-order valence-electron chi connectivity index (χ4n) is 7.33. The third-order valence-electron chi connectivity index (χ3n) is 11.3. The molecule has 0 aromatic heterocycles. The van der Waals surface area contributed by atoms with Gasteiger partial charge >= 0.3 is 17.9 Å². The quantitative estimate of drug-likeness (QED) is 0.0263. The summed E-state index contributed by atoms with van der Waals surface area (Å²) in [6.07, 6.45) is 59.4. The van der Waals surface area contributed by atoms with Crippen LogP contribution in [0.1, 0.15) is 265 Å². The molecule has 0 saturated carbocycles. The molecule has 0 spiro atoms. The highest BCUT2D eigenvalue weighted by Gasteiger charge is 2.19. The van der Waals surface area contributed by atoms with Gasteiger partial charge in [-0.05, 0) is 83.5 Å². The van der Waals surface area contributed by atoms with Gasteiger partial charge in [0.25, 0.3) is 0 Å². The first-order valence-corrected chi connectivity index (χ1v) is 26.1. The highest BCUT2D eigenvalue weighted by molar-refractivity contribution is 5.71. The van der Waals surface area contributed by atoms with E-state index < -0.39 is 6.10 Å². The van der Waals surface area contributed by atoms with Gasteiger partial charge in [-0.1, -0.05) is 211 Å². The number of ether oxygens (including phenoxy) is 3. The zero-order valence-corrected chi connectivity index (χ0v) is 40.4. The molecule has 0 aromatic rings. The van der Waals surface area contributed by atoms with Gasteiger partial charge in [0.05, 0.1) is 0 Å². The van der Waals surface area contributed by atoms with Crippen LogP contribution in [0, 0.1) is 0 Å². The van der Waals surface area contributed by atoms with E-state index in [-0.39, 0.29) is 31.1 Å². The Balaban J connectivity index is 4.41. The van der Waals surface area contributed by atoms with Crippen LogP contribution in [0.15, 0.2) is 48.6 Å². The molecule has 0 N–H and O–H groups in total. The minimum absolute atomic E-state index is 0.0828. The Bertz CT molecular complexity index is 1070. The smallest absolute Gasteiger partial charge is 0.306 e. The van der Waals surface area contributed by atoms with E-state index >= 15 is 0 Å². The second kappa shape index (κ2) is 50.0. The molecule has 6 nitrogen and oxygen atoms in total. The van der Waals surface area contributed by atoms with Crippen LogP contribution < -0.4 is 0 Å². The summed E-state index contributed by atoms with van der Waals surface area (Å²) in [5.41, 5.74) is 0. The van der Waals surface area contributed by atoms with E-state index in [1.165, 1.54) is 135 Å². The second-order valence-electron chi connectivity index (χ2n) is 17.4. The first-order valence-electron chi connectivity index (χ1n) is 26.1. The van der Waals surface area contributed by atoms with Crippen LogP contribution in [0.5, 0.6) is 0 Å². The lowest BCUT2D eigenvalue weighted by atomic mass is 10.1. The molecule has 0 amide bonds. The van der Waals surface area contributed by atoms with Crippen LogP contribution in [-0.2, 0) is 28.6 Å². The number of carbonyl (C=O) groups is 3. The number of allylic oxidation sites excluding steroid dienone is 8. The molecule has 0 aliphatic rings. The second-order valence-corrected chi connectivity index (χ2v) is 17.4. The van der Waals surface area contributed by atoms with Crippen molar-refractivity contribution in [3.8, 4) is 0 Å². The zero-order valence-electron chi connectivity index (χ0n) is 40.4. The highest BCUT2D eigenvalue weighted by Crippen LogP contribution is 2.14. The molecule has 6 heteroatoms. The Morgan fingerprint density at radius 1 is 0.328 bits per heavy atom. The van der Waals surface area contributed by atoms with Crippen LogP contribution in [0.4, 0.5) is 0 Å². The third-order valence-corrected chi connectivity index (χ3v) is 11.3. The average Bonchev–Trinajstić information content (AvgIpc) is 3.26. The van der Waals surface area contributed by atoms with Gasteiger partial charge in [-0.2, -0.15) is 0 Å². The van der Waals surface area contributed by atoms with Gasteiger partial charge in [0, 0.05) is 19.3 Å². The summed E-state index contributed by atoms with van der Waals surface area (Å²) in [6, 6.07) is 0. The highest BCUT2D eigenvalue weighted by atomic mass is 16.6. The van der Waals surface area contributed by atoms with Gasteiger partial charge in [-0.15, -0.1) is 0 Å². The van der Waals surface area contributed by atoms with E-state index in [9.17, 15) is 14.4 Å². The van der Waals surface area contributed by atoms with Crippen molar-refractivity contribution in [1.29, 1.82) is 0 Å². The zero-order chi connectivity index (χ0) is 44.4. The monoisotopic (exact) mass is 855 g/mol. The fourth-order valence-corrected chi connectivity index (χ4v) is 7.33. The maximum absolute atomic E-state index is 12.8. The topological polar surface area (TPSA) is 78.9 Å². The number of unbranched alkanes of at least 4 members (excludes halogenated alkanes) is 28. The number of carbonyl (C=O) groups excluding carboxylic acids is 3. The largest absolute Gasteiger partial charge is 0.462 e. The SMILES string of the molecule is CCCCC/C=C\C/C=C\C/C=C\CCCCCCC(=O)O[C@H](COC(=O)CCCCCCC/C=C\CCCCCCCC)COC(=O)CCCCCCCCCCCCC. The van der Waals surface area contributed by atoms with Crippen molar-refractivity contribution in [3.63, 3.8) is 0 Å². The standard InChI is InChI=1S/C55H98O6/c1-4-7-10-13-16-19-22-24-26-27-29-31-34-37-40-43-46-49-55(58)61-52(50-59-53(56)47-44-41-38-35-32-21-18-15-12-9-6-3)51-60-54(57)48-45-42-39-36-33-30-28-25-23-20-17-14-11-8-5-2/h16,19,24-26,28-29,31,52H,4-15,17-18,20-23,27,30,32-51H2,1-3H3/b19-16-,26-24-,28-25-,31-29-/t52-/m0/s1. The lowest BCUT2D eigenvalue weighted by molar-refractivity contribution is -0.167. The summed E-state index contributed by atoms with van der Waals surface area (Å²) in [5.74, 6) is -0.907. The van der Waals surface area contributed by atoms with Crippen molar-refractivity contribution >= 4 is 17.9 Å². The van der Waals surface area contributed by atoms with Crippen LogP contribution in [0.2, 0.25) is 0 Å². The van der Waals surface area contributed by atoms with E-state index in [1.807, 2.05) is 0 Å². The normalized spacial score (nSPS) is 12.4. The van der Waals surface area contributed by atoms with Gasteiger partial charge in [0.15, 0.2) is 6.10 Å². The number of esters is 3. The summed E-state index contributed by atoms with van der Waals surface area (Å²) in [5, 5.41) is 0. The Morgan fingerprint density at radius 3 is 0.967 bits per heavy atom. The molecule has 0 aliphatic carbocycles. The van der Waals surface area contributed by atoms with E-state index in [2.05, 4.69) is 69.4 Å². The molecule has 0 fully saturated rings. The van der Waals surface area contributed by atoms with Crippen molar-refractivity contribution in [2.75, 3.05) is 13.2 Å². The Labute approximate surface area is 378 Å². The maximum Gasteiger partial charge on any atom is 0.306 e. The fraction of sp³-hybridized carbons (Fsp3) is 0.800. The minimum Gasteiger partial charge on any atom is -0.462 e. The van der Waals surface area contributed by atoms with Crippen molar-refractivity contribution in [1.82, 2.24) is 0 Å². The Morgan fingerprint density at radius 2 is 0.590 bits per heavy atom. The third kappa shape index (κ3) is 48.3. The van der Waals surface area contributed by atoms with Crippen molar-refractivity contribution in [3.05, 3.63) is 48.6 Å². The Hall–Kier alpha value is -2.63. The molecule has 354 valence electrons. The Kier molecular flexibility index (Phi) is 47.9. The molecule has 0 rings (SSSR count). The molecule has 0 heterocycles. The predicted molar refractivity (Wildman–Crippen MR) is 261 cm³/mol. The average molecular weight is 855 g/mol. The molecular formula is C55H98O6. The molecular weight excluding hydrogens is 757 g/mol. The number of hydrogen-bond acceptors (Lipinski definition) is 6. The maximum atomic E-state index is 12.8. The summed E-state index contributed by atoms with van der Waals surface area (Å²) in [6.45, 7) is 6.58. The van der Waals surface area contributed by atoms with Crippen molar-refractivity contribution in [2.45, 2.75) is 271 Å². The van der Waals surface area contributed by atoms with Crippen molar-refractivity contribution in [2.24, 2.45) is 0 Å². The number of rotatable bonds is 47. The summed E-state index contributed by atoms with van der Waals surface area (Å²) in [7, 11) is 0. The van der Waals surface area contributed by atoms with Crippen molar-refractivity contribution < 1.29 is 28.6 Å². The molecule has 0 saturated heterocycles. The van der Waals surface area contributed by atoms with E-state index in [0.29, 0.717) is 19.3 Å². The molecule has 0 unspecified atom stereocenters. The van der Waals surface area contributed by atoms with Gasteiger partial charge in [-0.25, -0.2) is 0 Å². The lowest BCUT2D eigenvalue weighted by Crippen LogP contribution is -2.30. The number of hydrogen-bond donors (Lipinski definition) is 0. The van der Waals surface area contributed by atoms with Gasteiger partial charge in [-0.3, -0.25) is 14.4 Å². The molecule has 61 heavy (non-hydrogen) atoms. The van der Waals surface area contributed by atoms with Gasteiger partial charge in [0.2, 0.25) is 0 Å². The molecule has 0 radical (unpaired) electrons. The first kappa shape index (κ1) is 58.4. The van der Waals surface area contributed by atoms with Crippen LogP contribution in [-0.4, -0.2) is 37.2 Å². The van der Waals surface area contributed by atoms with E-state index in [0.717, 1.165) is 89.9 Å². The molecule has 0 bridgehead atoms. The summed E-state index contributed by atoms with van der Waals surface area (Å²) >= 11 is 0.